The van der Waals surface area contributed by atoms with Crippen molar-refractivity contribution in [2.24, 2.45) is 0 Å². The molecule has 1 aromatic carbocycles. The van der Waals surface area contributed by atoms with Gasteiger partial charge in [0.05, 0.1) is 24.5 Å². The number of alkyl halides is 3. The highest BCUT2D eigenvalue weighted by molar-refractivity contribution is 5.57. The zero-order valence-electron chi connectivity index (χ0n) is 17.8. The minimum Gasteiger partial charge on any atom is -0.379 e. The molecule has 0 amide bonds. The molecule has 34 heavy (non-hydrogen) atoms. The third kappa shape index (κ3) is 4.80. The molecule has 3 aromatic rings. The number of ether oxygens (including phenoxy) is 1. The molecule has 0 bridgehead atoms. The highest BCUT2D eigenvalue weighted by Crippen LogP contribution is 2.35. The lowest BCUT2D eigenvalue weighted by Gasteiger charge is -2.47. The number of nitrogens with one attached hydrogen (secondary N) is 1. The van der Waals surface area contributed by atoms with E-state index in [4.69, 9.17) is 4.74 Å². The van der Waals surface area contributed by atoms with Crippen LogP contribution in [0, 0.1) is 11.6 Å². The Morgan fingerprint density at radius 2 is 1.68 bits per heavy atom. The molecule has 0 unspecified atom stereocenters. The van der Waals surface area contributed by atoms with E-state index in [2.05, 4.69) is 25.3 Å². The Kier molecular flexibility index (Phi) is 5.81. The van der Waals surface area contributed by atoms with Crippen LogP contribution in [0.2, 0.25) is 0 Å². The maximum absolute atomic E-state index is 13.5. The van der Waals surface area contributed by atoms with E-state index in [1.165, 1.54) is 6.33 Å². The quantitative estimate of drug-likeness (QED) is 0.561. The minimum atomic E-state index is -4.57. The number of hydrogen-bond acceptors (Lipinski definition) is 7. The molecule has 4 heterocycles. The Hall–Kier alpha value is -3.32. The molecule has 0 saturated carbocycles. The lowest BCUT2D eigenvalue weighted by Crippen LogP contribution is -2.61. The summed E-state index contributed by atoms with van der Waals surface area (Å²) in [6.07, 6.45) is -3.39. The van der Waals surface area contributed by atoms with Gasteiger partial charge in [0.25, 0.3) is 0 Å². The van der Waals surface area contributed by atoms with Gasteiger partial charge in [-0.1, -0.05) is 0 Å². The van der Waals surface area contributed by atoms with E-state index in [9.17, 15) is 22.0 Å². The van der Waals surface area contributed by atoms with E-state index >= 15 is 0 Å². The fourth-order valence-corrected chi connectivity index (χ4v) is 3.95. The van der Waals surface area contributed by atoms with Gasteiger partial charge in [-0.3, -0.25) is 4.90 Å². The monoisotopic (exact) mass is 481 g/mol. The molecule has 5 rings (SSSR count). The molecular formula is C21H20F5N7O. The normalized spacial score (nSPS) is 17.6. The Balaban J connectivity index is 1.35. The average Bonchev–Trinajstić information content (AvgIpc) is 3.21. The fourth-order valence-electron chi connectivity index (χ4n) is 3.95. The number of pyridine rings is 1. The summed E-state index contributed by atoms with van der Waals surface area (Å²) in [5.74, 6) is -1.57. The number of halogens is 5. The maximum atomic E-state index is 13.5. The van der Waals surface area contributed by atoms with Gasteiger partial charge in [-0.25, -0.2) is 18.4 Å². The average molecular weight is 481 g/mol. The van der Waals surface area contributed by atoms with Gasteiger partial charge in [-0.05, 0) is 24.3 Å². The molecule has 1 N–H and O–H groups in total. The topological polar surface area (TPSA) is 71.3 Å². The van der Waals surface area contributed by atoms with Gasteiger partial charge in [0.2, 0.25) is 5.95 Å². The molecule has 2 aromatic heterocycles. The Labute approximate surface area is 191 Å². The molecule has 0 spiro atoms. The van der Waals surface area contributed by atoms with E-state index in [1.54, 1.807) is 4.90 Å². The number of anilines is 3. The summed E-state index contributed by atoms with van der Waals surface area (Å²) < 4.78 is 74.0. The highest BCUT2D eigenvalue weighted by atomic mass is 19.4. The largest absolute Gasteiger partial charge is 0.416 e. The molecule has 0 radical (unpaired) electrons. The number of hydrogen-bond donors (Lipinski definition) is 1. The number of morpholine rings is 1. The van der Waals surface area contributed by atoms with Gasteiger partial charge in [0, 0.05) is 38.3 Å². The van der Waals surface area contributed by atoms with Crippen LogP contribution < -0.4 is 10.2 Å². The lowest BCUT2D eigenvalue weighted by atomic mass is 10.1. The van der Waals surface area contributed by atoms with Gasteiger partial charge in [-0.2, -0.15) is 18.2 Å². The van der Waals surface area contributed by atoms with Crippen molar-refractivity contribution in [3.05, 3.63) is 53.9 Å². The van der Waals surface area contributed by atoms with Crippen LogP contribution in [0.1, 0.15) is 5.56 Å². The van der Waals surface area contributed by atoms with Gasteiger partial charge in [-0.15, -0.1) is 5.10 Å². The summed E-state index contributed by atoms with van der Waals surface area (Å²) in [5.41, 5.74) is -0.785. The SMILES string of the molecule is Fc1cc(F)cc(-n2cnc(Nc3cc(C(F)(F)F)cc(N4CC(N5CCOCC5)C4)n3)n2)c1. The second-order valence-electron chi connectivity index (χ2n) is 8.07. The molecule has 2 saturated heterocycles. The zero-order valence-corrected chi connectivity index (χ0v) is 17.8. The third-order valence-electron chi connectivity index (χ3n) is 5.73. The second-order valence-corrected chi connectivity index (χ2v) is 8.07. The molecule has 8 nitrogen and oxygen atoms in total. The summed E-state index contributed by atoms with van der Waals surface area (Å²) in [6, 6.07) is 4.94. The lowest BCUT2D eigenvalue weighted by molar-refractivity contribution is -0.137. The van der Waals surface area contributed by atoms with Crippen molar-refractivity contribution in [2.45, 2.75) is 12.2 Å². The first-order valence-corrected chi connectivity index (χ1v) is 10.6. The van der Waals surface area contributed by atoms with Crippen LogP contribution in [0.3, 0.4) is 0 Å². The third-order valence-corrected chi connectivity index (χ3v) is 5.73. The number of aromatic nitrogens is 4. The molecule has 180 valence electrons. The van der Waals surface area contributed by atoms with Crippen LogP contribution in [0.4, 0.5) is 39.5 Å². The van der Waals surface area contributed by atoms with Crippen molar-refractivity contribution < 1.29 is 26.7 Å². The first kappa shape index (κ1) is 22.5. The number of nitrogens with zero attached hydrogens (tertiary/aromatic N) is 6. The van der Waals surface area contributed by atoms with Crippen LogP contribution in [-0.4, -0.2) is 70.1 Å². The van der Waals surface area contributed by atoms with Gasteiger partial charge in [0.1, 0.15) is 29.6 Å². The predicted octanol–water partition coefficient (Wildman–Crippen LogP) is 3.22. The van der Waals surface area contributed by atoms with Gasteiger partial charge < -0.3 is 15.0 Å². The van der Waals surface area contributed by atoms with Crippen molar-refractivity contribution in [1.82, 2.24) is 24.6 Å². The van der Waals surface area contributed by atoms with E-state index in [1.807, 2.05) is 0 Å². The predicted molar refractivity (Wildman–Crippen MR) is 112 cm³/mol. The standard InChI is InChI=1S/C21H20F5N7O/c22-14-7-15(23)9-16(8-14)33-12-27-20(30-33)29-18-5-13(21(24,25)26)6-19(28-18)32-10-17(11-32)31-1-3-34-4-2-31/h5-9,12,17H,1-4,10-11H2,(H,28,29,30). The first-order valence-electron chi connectivity index (χ1n) is 10.6. The molecule has 2 aliphatic heterocycles. The van der Waals surface area contributed by atoms with Crippen molar-refractivity contribution in [3.8, 4) is 5.69 Å². The van der Waals surface area contributed by atoms with E-state index in [0.29, 0.717) is 32.4 Å². The van der Waals surface area contributed by atoms with E-state index < -0.39 is 23.4 Å². The maximum Gasteiger partial charge on any atom is 0.416 e. The summed E-state index contributed by atoms with van der Waals surface area (Å²) in [4.78, 5) is 12.3. The van der Waals surface area contributed by atoms with Gasteiger partial charge >= 0.3 is 6.18 Å². The van der Waals surface area contributed by atoms with Gasteiger partial charge in [0.15, 0.2) is 0 Å². The highest BCUT2D eigenvalue weighted by Gasteiger charge is 2.36. The molecule has 0 atom stereocenters. The Morgan fingerprint density at radius 1 is 0.971 bits per heavy atom. The first-order chi connectivity index (χ1) is 16.2. The summed E-state index contributed by atoms with van der Waals surface area (Å²) in [5, 5.41) is 6.70. The molecule has 0 aliphatic carbocycles. The van der Waals surface area contributed by atoms with E-state index in [-0.39, 0.29) is 29.3 Å². The van der Waals surface area contributed by atoms with Crippen LogP contribution in [0.15, 0.2) is 36.7 Å². The van der Waals surface area contributed by atoms with Crippen LogP contribution in [-0.2, 0) is 10.9 Å². The summed E-state index contributed by atoms with van der Waals surface area (Å²) >= 11 is 0. The minimum absolute atomic E-state index is 0.0720. The van der Waals surface area contributed by atoms with Crippen LogP contribution in [0.5, 0.6) is 0 Å². The van der Waals surface area contributed by atoms with Crippen molar-refractivity contribution >= 4 is 17.6 Å². The number of benzene rings is 1. The number of rotatable bonds is 5. The van der Waals surface area contributed by atoms with Crippen molar-refractivity contribution in [3.63, 3.8) is 0 Å². The fraction of sp³-hybridized carbons (Fsp3) is 0.381. The van der Waals surface area contributed by atoms with Crippen LogP contribution >= 0.6 is 0 Å². The smallest absolute Gasteiger partial charge is 0.379 e. The molecule has 13 heteroatoms. The Bertz CT molecular complexity index is 1150. The summed E-state index contributed by atoms with van der Waals surface area (Å²) in [7, 11) is 0. The second kappa shape index (κ2) is 8.80. The Morgan fingerprint density at radius 3 is 2.35 bits per heavy atom. The van der Waals surface area contributed by atoms with Crippen LogP contribution in [0.25, 0.3) is 5.69 Å². The zero-order chi connectivity index (χ0) is 23.9. The summed E-state index contributed by atoms with van der Waals surface area (Å²) in [6.45, 7) is 4.01. The van der Waals surface area contributed by atoms with E-state index in [0.717, 1.165) is 42.0 Å². The molecule has 2 aliphatic rings. The van der Waals surface area contributed by atoms with Crippen molar-refractivity contribution in [2.75, 3.05) is 49.6 Å². The molecular weight excluding hydrogens is 461 g/mol. The van der Waals surface area contributed by atoms with Crippen molar-refractivity contribution in [1.29, 1.82) is 0 Å². The molecule has 2 fully saturated rings.